The number of carbonyl (C=O) groups excluding carboxylic acids is 1. The summed E-state index contributed by atoms with van der Waals surface area (Å²) in [7, 11) is -4.32. The summed E-state index contributed by atoms with van der Waals surface area (Å²) in [6.45, 7) is 1.01. The lowest BCUT2D eigenvalue weighted by atomic mass is 10.2. The van der Waals surface area contributed by atoms with Gasteiger partial charge in [0, 0.05) is 5.69 Å². The van der Waals surface area contributed by atoms with E-state index in [0.29, 0.717) is 23.3 Å². The number of sulfonamides is 1. The molecule has 3 aromatic rings. The third-order valence-electron chi connectivity index (χ3n) is 3.89. The first-order chi connectivity index (χ1) is 14.1. The molecule has 0 aliphatic heterocycles. The number of carbonyl (C=O) groups is 1. The summed E-state index contributed by atoms with van der Waals surface area (Å²) >= 11 is 0. The van der Waals surface area contributed by atoms with E-state index < -0.39 is 39.1 Å². The van der Waals surface area contributed by atoms with Crippen molar-refractivity contribution in [3.63, 3.8) is 0 Å². The average molecular weight is 440 g/mol. The molecule has 0 aliphatic carbocycles. The van der Waals surface area contributed by atoms with Crippen LogP contribution in [0.4, 0.5) is 18.9 Å². The van der Waals surface area contributed by atoms with Gasteiger partial charge in [-0.15, -0.1) is 5.10 Å². The van der Waals surface area contributed by atoms with Crippen LogP contribution in [-0.2, 0) is 21.0 Å². The van der Waals surface area contributed by atoms with E-state index >= 15 is 0 Å². The Hall–Kier alpha value is -3.32. The number of nitrogens with zero attached hydrogens (tertiary/aromatic N) is 4. The van der Waals surface area contributed by atoms with E-state index in [2.05, 4.69) is 20.8 Å². The van der Waals surface area contributed by atoms with E-state index in [1.807, 2.05) is 4.72 Å². The average Bonchev–Trinajstić information content (AvgIpc) is 3.12. The minimum absolute atomic E-state index is 0.352. The van der Waals surface area contributed by atoms with E-state index in [0.717, 1.165) is 18.2 Å². The molecule has 0 spiro atoms. The van der Waals surface area contributed by atoms with Crippen LogP contribution in [-0.4, -0.2) is 41.1 Å². The Morgan fingerprint density at radius 1 is 1.13 bits per heavy atom. The molecule has 158 valence electrons. The summed E-state index contributed by atoms with van der Waals surface area (Å²) in [5.74, 6) is -0.191. The third kappa shape index (κ3) is 4.99. The zero-order valence-corrected chi connectivity index (χ0v) is 16.2. The second-order valence-corrected chi connectivity index (χ2v) is 7.85. The fourth-order valence-electron chi connectivity index (χ4n) is 2.47. The molecule has 1 aromatic heterocycles. The first kappa shape index (κ1) is 21.4. The number of benzene rings is 2. The largest absolute Gasteiger partial charge is 0.416 e. The van der Waals surface area contributed by atoms with Crippen molar-refractivity contribution in [2.75, 3.05) is 11.9 Å². The van der Waals surface area contributed by atoms with Gasteiger partial charge >= 0.3 is 6.18 Å². The maximum Gasteiger partial charge on any atom is 0.416 e. The smallest absolute Gasteiger partial charge is 0.325 e. The number of rotatable bonds is 6. The topological polar surface area (TPSA) is 119 Å². The molecule has 0 saturated carbocycles. The van der Waals surface area contributed by atoms with Crippen molar-refractivity contribution in [3.8, 4) is 5.69 Å². The highest BCUT2D eigenvalue weighted by Gasteiger charge is 2.31. The minimum Gasteiger partial charge on any atom is -0.325 e. The number of hydrogen-bond donors (Lipinski definition) is 2. The maximum absolute atomic E-state index is 12.8. The van der Waals surface area contributed by atoms with Crippen LogP contribution in [0.5, 0.6) is 0 Å². The Bertz CT molecular complexity index is 1180. The van der Waals surface area contributed by atoms with Crippen molar-refractivity contribution in [1.29, 1.82) is 0 Å². The van der Waals surface area contributed by atoms with Crippen molar-refractivity contribution in [2.45, 2.75) is 18.0 Å². The molecule has 0 bridgehead atoms. The Balaban J connectivity index is 1.67. The molecule has 13 heteroatoms. The maximum atomic E-state index is 12.8. The van der Waals surface area contributed by atoms with E-state index in [-0.39, 0.29) is 0 Å². The molecule has 1 amide bonds. The second-order valence-electron chi connectivity index (χ2n) is 6.09. The fraction of sp³-hybridized carbons (Fsp3) is 0.176. The van der Waals surface area contributed by atoms with Gasteiger partial charge < -0.3 is 5.32 Å². The highest BCUT2D eigenvalue weighted by atomic mass is 32.2. The highest BCUT2D eigenvalue weighted by Crippen LogP contribution is 2.30. The molecule has 9 nitrogen and oxygen atoms in total. The van der Waals surface area contributed by atoms with E-state index in [9.17, 15) is 26.4 Å². The molecule has 0 atom stereocenters. The van der Waals surface area contributed by atoms with Gasteiger partial charge in [0.1, 0.15) is 0 Å². The van der Waals surface area contributed by atoms with E-state index in [1.54, 1.807) is 31.2 Å². The van der Waals surface area contributed by atoms with Crippen molar-refractivity contribution >= 4 is 21.6 Å². The number of hydrogen-bond acceptors (Lipinski definition) is 6. The third-order valence-corrected chi connectivity index (χ3v) is 5.29. The lowest BCUT2D eigenvalue weighted by Crippen LogP contribution is -2.33. The van der Waals surface area contributed by atoms with Crippen LogP contribution in [0.25, 0.3) is 5.69 Å². The normalized spacial score (nSPS) is 12.0. The zero-order chi connectivity index (χ0) is 21.9. The van der Waals surface area contributed by atoms with Gasteiger partial charge in [-0.25, -0.2) is 13.1 Å². The molecule has 3 rings (SSSR count). The molecule has 0 unspecified atom stereocenters. The number of amides is 1. The molecule has 0 radical (unpaired) electrons. The number of alkyl halides is 3. The number of tetrazole rings is 1. The predicted molar refractivity (Wildman–Crippen MR) is 99.2 cm³/mol. The summed E-state index contributed by atoms with van der Waals surface area (Å²) < 4.78 is 66.2. The number of aryl methyl sites for hydroxylation is 1. The molecule has 0 aliphatic rings. The summed E-state index contributed by atoms with van der Waals surface area (Å²) in [5, 5.41) is 13.6. The zero-order valence-electron chi connectivity index (χ0n) is 15.4. The molecule has 0 fully saturated rings. The van der Waals surface area contributed by atoms with Gasteiger partial charge in [0.25, 0.3) is 0 Å². The van der Waals surface area contributed by atoms with Gasteiger partial charge in [0.15, 0.2) is 5.82 Å². The molecule has 30 heavy (non-hydrogen) atoms. The lowest BCUT2D eigenvalue weighted by molar-refractivity contribution is -0.137. The standard InChI is InChI=1S/C17H15F3N6O3S/c1-11-23-24-25-26(11)14-6-3-5-13(9-14)22-16(27)10-21-30(28,29)15-7-2-4-12(8-15)17(18,19)20/h2-9,21H,10H2,1H3,(H,22,27). The molecule has 1 heterocycles. The highest BCUT2D eigenvalue weighted by molar-refractivity contribution is 7.89. The van der Waals surface area contributed by atoms with Gasteiger partial charge in [-0.05, 0) is 53.7 Å². The molecular formula is C17H15F3N6O3S. The van der Waals surface area contributed by atoms with Crippen LogP contribution in [0, 0.1) is 6.92 Å². The predicted octanol–water partition coefficient (Wildman–Crippen LogP) is 1.91. The van der Waals surface area contributed by atoms with Crippen molar-refractivity contribution in [2.24, 2.45) is 0 Å². The molecular weight excluding hydrogens is 425 g/mol. The first-order valence-corrected chi connectivity index (χ1v) is 9.87. The van der Waals surface area contributed by atoms with Crippen LogP contribution in [0.1, 0.15) is 11.4 Å². The van der Waals surface area contributed by atoms with Gasteiger partial charge in [-0.1, -0.05) is 12.1 Å². The number of anilines is 1. The van der Waals surface area contributed by atoms with Crippen molar-refractivity contribution < 1.29 is 26.4 Å². The summed E-state index contributed by atoms with van der Waals surface area (Å²) in [4.78, 5) is 11.5. The number of aromatic nitrogens is 4. The Labute approximate surface area is 169 Å². The Morgan fingerprint density at radius 3 is 2.53 bits per heavy atom. The number of nitrogens with one attached hydrogen (secondary N) is 2. The van der Waals surface area contributed by atoms with Crippen molar-refractivity contribution in [3.05, 3.63) is 59.9 Å². The van der Waals surface area contributed by atoms with Gasteiger partial charge in [0.2, 0.25) is 15.9 Å². The second kappa shape index (κ2) is 8.20. The van der Waals surface area contributed by atoms with E-state index in [4.69, 9.17) is 0 Å². The molecule has 2 aromatic carbocycles. The van der Waals surface area contributed by atoms with Crippen LogP contribution in [0.3, 0.4) is 0 Å². The molecule has 2 N–H and O–H groups in total. The van der Waals surface area contributed by atoms with Crippen LogP contribution in [0.2, 0.25) is 0 Å². The van der Waals surface area contributed by atoms with Crippen LogP contribution >= 0.6 is 0 Å². The monoisotopic (exact) mass is 440 g/mol. The van der Waals surface area contributed by atoms with Crippen molar-refractivity contribution in [1.82, 2.24) is 24.9 Å². The minimum atomic E-state index is -4.69. The van der Waals surface area contributed by atoms with Gasteiger partial charge in [-0.2, -0.15) is 17.9 Å². The van der Waals surface area contributed by atoms with E-state index in [1.165, 1.54) is 4.68 Å². The van der Waals surface area contributed by atoms with Gasteiger partial charge in [0.05, 0.1) is 22.7 Å². The van der Waals surface area contributed by atoms with Gasteiger partial charge in [-0.3, -0.25) is 4.79 Å². The fourth-order valence-corrected chi connectivity index (χ4v) is 3.50. The Morgan fingerprint density at radius 2 is 1.87 bits per heavy atom. The molecule has 0 saturated heterocycles. The van der Waals surface area contributed by atoms with Crippen LogP contribution < -0.4 is 10.0 Å². The summed E-state index contributed by atoms with van der Waals surface area (Å²) in [5.41, 5.74) is -0.185. The first-order valence-electron chi connectivity index (χ1n) is 8.38. The summed E-state index contributed by atoms with van der Waals surface area (Å²) in [6, 6.07) is 9.72. The number of halogens is 3. The Kier molecular flexibility index (Phi) is 5.85. The SMILES string of the molecule is Cc1nnnn1-c1cccc(NC(=O)CNS(=O)(=O)c2cccc(C(F)(F)F)c2)c1. The summed E-state index contributed by atoms with van der Waals surface area (Å²) in [6.07, 6.45) is -4.69. The quantitative estimate of drug-likeness (QED) is 0.604. The van der Waals surface area contributed by atoms with Crippen LogP contribution in [0.15, 0.2) is 53.4 Å². The lowest BCUT2D eigenvalue weighted by Gasteiger charge is -2.11.